The number of rotatable bonds is 15. The fourth-order valence-electron chi connectivity index (χ4n) is 7.57. The Morgan fingerprint density at radius 2 is 1.74 bits per heavy atom. The Kier molecular flexibility index (Phi) is 13.4. The lowest BCUT2D eigenvalue weighted by molar-refractivity contribution is -0.156. The van der Waals surface area contributed by atoms with Crippen LogP contribution in [0.25, 0.3) is 11.1 Å². The number of piperidine rings is 1. The Labute approximate surface area is 322 Å². The minimum atomic E-state index is -2.01. The van der Waals surface area contributed by atoms with Crippen molar-refractivity contribution in [2.24, 2.45) is 11.7 Å². The number of carbonyl (C=O) groups is 1. The standard InChI is InChI=1S/C41H62FN7O4Si/c1-28(2)23-41(6,7)54(8,9)53-33-22-31(13-17-43)49(26-33)39-45-24-30(25-46-39)29-14-18-44-36(21-29)47-34-11-10-12-35(38(34)42)51-32-15-19-48(20-16-32)27-37(50)52-40(3,4)5/h10-12,14,18,21,24-25,28,31-33H,13,15-17,19-20,22-23,26-27,43H2,1-9H3,(H,44,47). The minimum absolute atomic E-state index is 0.111. The zero-order chi connectivity index (χ0) is 39.3. The van der Waals surface area contributed by atoms with E-state index in [0.29, 0.717) is 50.2 Å². The van der Waals surface area contributed by atoms with Crippen LogP contribution < -0.4 is 20.7 Å². The molecule has 11 nitrogen and oxygen atoms in total. The molecule has 13 heteroatoms. The summed E-state index contributed by atoms with van der Waals surface area (Å²) in [5.41, 5.74) is 7.48. The smallest absolute Gasteiger partial charge is 0.320 e. The summed E-state index contributed by atoms with van der Waals surface area (Å²) in [5.74, 6) is 1.23. The Balaban J connectivity index is 1.20. The lowest BCUT2D eigenvalue weighted by Crippen LogP contribution is -2.46. The highest BCUT2D eigenvalue weighted by Gasteiger charge is 2.45. The Bertz CT molecular complexity index is 1690. The number of nitrogens with two attached hydrogens (primary N) is 1. The zero-order valence-corrected chi connectivity index (χ0v) is 34.8. The van der Waals surface area contributed by atoms with Crippen molar-refractivity contribution in [1.29, 1.82) is 0 Å². The molecule has 2 fully saturated rings. The summed E-state index contributed by atoms with van der Waals surface area (Å²) < 4.78 is 34.3. The van der Waals surface area contributed by atoms with Crippen LogP contribution in [0.3, 0.4) is 0 Å². The van der Waals surface area contributed by atoms with E-state index in [1.807, 2.05) is 50.2 Å². The normalized spacial score (nSPS) is 19.0. The SMILES string of the molecule is CC(C)CC(C)(C)[Si](C)(C)OC1CC(CCN)N(c2ncc(-c3ccnc(Nc4cccc(OC5CCN(CC(=O)OC(C)(C)C)CC5)c4F)c3)cn2)C1. The summed E-state index contributed by atoms with van der Waals surface area (Å²) in [6, 6.07) is 9.02. The summed E-state index contributed by atoms with van der Waals surface area (Å²) in [6.45, 7) is 22.5. The number of esters is 1. The van der Waals surface area contributed by atoms with Gasteiger partial charge in [0.2, 0.25) is 5.95 Å². The van der Waals surface area contributed by atoms with Crippen LogP contribution in [-0.2, 0) is 14.0 Å². The second-order valence-electron chi connectivity index (χ2n) is 17.5. The van der Waals surface area contributed by atoms with Gasteiger partial charge in [-0.3, -0.25) is 9.69 Å². The molecule has 2 aromatic heterocycles. The average molecular weight is 764 g/mol. The molecular formula is C41H62FN7O4Si. The summed E-state index contributed by atoms with van der Waals surface area (Å²) in [5, 5.41) is 3.28. The van der Waals surface area contributed by atoms with Gasteiger partial charge in [0, 0.05) is 49.8 Å². The second-order valence-corrected chi connectivity index (χ2v) is 22.1. The lowest BCUT2D eigenvalue weighted by atomic mass is 10.00. The highest BCUT2D eigenvalue weighted by Crippen LogP contribution is 2.45. The van der Waals surface area contributed by atoms with E-state index in [-0.39, 0.29) is 47.2 Å². The highest BCUT2D eigenvalue weighted by atomic mass is 28.4. The number of aromatic nitrogens is 3. The van der Waals surface area contributed by atoms with Gasteiger partial charge in [0.15, 0.2) is 19.9 Å². The number of carbonyl (C=O) groups excluding carboxylic acids is 1. The van der Waals surface area contributed by atoms with Crippen LogP contribution in [0.4, 0.5) is 21.8 Å². The molecule has 0 saturated carbocycles. The van der Waals surface area contributed by atoms with Gasteiger partial charge in [-0.25, -0.2) is 19.3 Å². The van der Waals surface area contributed by atoms with E-state index < -0.39 is 19.7 Å². The van der Waals surface area contributed by atoms with Crippen molar-refractivity contribution < 1.29 is 23.1 Å². The number of hydrogen-bond donors (Lipinski definition) is 2. The third kappa shape index (κ3) is 11.0. The van der Waals surface area contributed by atoms with E-state index in [0.717, 1.165) is 36.9 Å². The third-order valence-electron chi connectivity index (χ3n) is 10.7. The molecule has 4 heterocycles. The molecule has 54 heavy (non-hydrogen) atoms. The van der Waals surface area contributed by atoms with Gasteiger partial charge in [0.25, 0.3) is 0 Å². The van der Waals surface area contributed by atoms with Crippen molar-refractivity contribution in [3.8, 4) is 16.9 Å². The van der Waals surface area contributed by atoms with Crippen molar-refractivity contribution in [2.75, 3.05) is 42.9 Å². The van der Waals surface area contributed by atoms with Crippen LogP contribution >= 0.6 is 0 Å². The van der Waals surface area contributed by atoms with E-state index >= 15 is 4.39 Å². The van der Waals surface area contributed by atoms with Gasteiger partial charge in [-0.2, -0.15) is 0 Å². The number of pyridine rings is 1. The number of hydrogen-bond acceptors (Lipinski definition) is 11. The summed E-state index contributed by atoms with van der Waals surface area (Å²) >= 11 is 0. The predicted molar refractivity (Wildman–Crippen MR) is 216 cm³/mol. The Hall–Kier alpha value is -3.65. The van der Waals surface area contributed by atoms with Gasteiger partial charge < -0.3 is 29.9 Å². The largest absolute Gasteiger partial charge is 0.487 e. The van der Waals surface area contributed by atoms with Crippen LogP contribution in [0.2, 0.25) is 18.1 Å². The molecule has 0 spiro atoms. The Morgan fingerprint density at radius 1 is 1.04 bits per heavy atom. The molecular weight excluding hydrogens is 702 g/mol. The van der Waals surface area contributed by atoms with E-state index in [4.69, 9.17) is 29.6 Å². The highest BCUT2D eigenvalue weighted by molar-refractivity contribution is 6.74. The molecule has 2 aliphatic rings. The molecule has 0 radical (unpaired) electrons. The van der Waals surface area contributed by atoms with Crippen LogP contribution in [-0.4, -0.2) is 90.7 Å². The molecule has 2 saturated heterocycles. The van der Waals surface area contributed by atoms with Gasteiger partial charge >= 0.3 is 5.97 Å². The third-order valence-corrected chi connectivity index (χ3v) is 15.1. The molecule has 0 bridgehead atoms. The number of nitrogens with zero attached hydrogens (tertiary/aromatic N) is 5. The molecule has 5 rings (SSSR count). The van der Waals surface area contributed by atoms with Crippen LogP contribution in [0.1, 0.15) is 80.6 Å². The number of nitrogens with one attached hydrogen (secondary N) is 1. The topological polar surface area (TPSA) is 128 Å². The van der Waals surface area contributed by atoms with Gasteiger partial charge in [-0.1, -0.05) is 33.8 Å². The quantitative estimate of drug-likeness (QED) is 0.116. The van der Waals surface area contributed by atoms with Crippen molar-refractivity contribution in [2.45, 2.75) is 123 Å². The molecule has 0 aliphatic carbocycles. The molecule has 3 aromatic rings. The number of anilines is 3. The van der Waals surface area contributed by atoms with Gasteiger partial charge in [0.1, 0.15) is 17.5 Å². The van der Waals surface area contributed by atoms with Gasteiger partial charge in [0.05, 0.1) is 18.3 Å². The predicted octanol–water partition coefficient (Wildman–Crippen LogP) is 7.95. The van der Waals surface area contributed by atoms with E-state index in [2.05, 4.69) is 56.0 Å². The molecule has 0 amide bonds. The molecule has 296 valence electrons. The number of ether oxygens (including phenoxy) is 2. The van der Waals surface area contributed by atoms with E-state index in [9.17, 15) is 4.79 Å². The first-order valence-electron chi connectivity index (χ1n) is 19.5. The zero-order valence-electron chi connectivity index (χ0n) is 33.8. The monoisotopic (exact) mass is 763 g/mol. The molecule has 3 N–H and O–H groups in total. The maximum Gasteiger partial charge on any atom is 0.320 e. The molecule has 2 aliphatic heterocycles. The van der Waals surface area contributed by atoms with Gasteiger partial charge in [-0.05, 0) is 113 Å². The average Bonchev–Trinajstić information content (AvgIpc) is 3.47. The second kappa shape index (κ2) is 17.4. The molecule has 1 aromatic carbocycles. The van der Waals surface area contributed by atoms with Crippen molar-refractivity contribution in [1.82, 2.24) is 19.9 Å². The summed E-state index contributed by atoms with van der Waals surface area (Å²) in [6.07, 6.45) is 9.55. The summed E-state index contributed by atoms with van der Waals surface area (Å²) in [4.78, 5) is 30.6. The maximum atomic E-state index is 15.7. The first-order valence-corrected chi connectivity index (χ1v) is 22.4. The van der Waals surface area contributed by atoms with Crippen molar-refractivity contribution in [3.63, 3.8) is 0 Å². The fourth-order valence-corrected chi connectivity index (χ4v) is 9.79. The van der Waals surface area contributed by atoms with Crippen molar-refractivity contribution in [3.05, 3.63) is 54.7 Å². The molecule has 2 unspecified atom stereocenters. The van der Waals surface area contributed by atoms with E-state index in [1.54, 1.807) is 24.4 Å². The van der Waals surface area contributed by atoms with Crippen LogP contribution in [0.15, 0.2) is 48.9 Å². The number of halogens is 1. The van der Waals surface area contributed by atoms with Crippen molar-refractivity contribution >= 4 is 31.7 Å². The minimum Gasteiger partial charge on any atom is -0.487 e. The summed E-state index contributed by atoms with van der Waals surface area (Å²) in [7, 11) is -2.01. The van der Waals surface area contributed by atoms with E-state index in [1.165, 1.54) is 0 Å². The molecule has 2 atom stereocenters. The van der Waals surface area contributed by atoms with Gasteiger partial charge in [-0.15, -0.1) is 0 Å². The first-order chi connectivity index (χ1) is 25.4. The Morgan fingerprint density at radius 3 is 2.39 bits per heavy atom. The maximum absolute atomic E-state index is 15.7. The van der Waals surface area contributed by atoms with Crippen LogP contribution in [0, 0.1) is 11.7 Å². The fraction of sp³-hybridized carbons (Fsp3) is 0.610. The number of likely N-dealkylation sites (tertiary alicyclic amines) is 1. The first kappa shape index (κ1) is 41.5. The van der Waals surface area contributed by atoms with Crippen LogP contribution in [0.5, 0.6) is 5.75 Å². The lowest BCUT2D eigenvalue weighted by Gasteiger charge is -2.42. The number of benzene rings is 1.